The van der Waals surface area contributed by atoms with E-state index in [1.807, 2.05) is 0 Å². The molecule has 2 heteroatoms. The van der Waals surface area contributed by atoms with Gasteiger partial charge in [-0.2, -0.15) is 5.26 Å². The van der Waals surface area contributed by atoms with Crippen molar-refractivity contribution in [1.82, 2.24) is 0 Å². The molecule has 0 radical (unpaired) electrons. The summed E-state index contributed by atoms with van der Waals surface area (Å²) in [6.07, 6.45) is 5.22. The number of benzene rings is 1. The predicted molar refractivity (Wildman–Crippen MR) is 114 cm³/mol. The molecule has 0 saturated carbocycles. The summed E-state index contributed by atoms with van der Waals surface area (Å²) in [6, 6.07) is 6.75. The van der Waals surface area contributed by atoms with Crippen molar-refractivity contribution in [3.05, 3.63) is 40.7 Å². The van der Waals surface area contributed by atoms with Crippen LogP contribution in [0.25, 0.3) is 0 Å². The molecule has 0 heterocycles. The van der Waals surface area contributed by atoms with E-state index in [9.17, 15) is 5.26 Å². The molecule has 0 N–H and O–H groups in total. The van der Waals surface area contributed by atoms with Gasteiger partial charge >= 0.3 is 0 Å². The maximum Gasteiger partial charge on any atom is 0.145 e. The molecule has 2 nitrogen and oxygen atoms in total. The maximum absolute atomic E-state index is 9.90. The summed E-state index contributed by atoms with van der Waals surface area (Å²) in [5, 5.41) is 9.90. The third-order valence-corrected chi connectivity index (χ3v) is 6.37. The van der Waals surface area contributed by atoms with Crippen LogP contribution in [0.2, 0.25) is 0 Å². The van der Waals surface area contributed by atoms with Crippen LogP contribution in [0.1, 0.15) is 84.9 Å². The number of hydrogen-bond donors (Lipinski definition) is 0. The van der Waals surface area contributed by atoms with Crippen molar-refractivity contribution < 1.29 is 4.74 Å². The van der Waals surface area contributed by atoms with E-state index >= 15 is 0 Å². The Balaban J connectivity index is 2.49. The van der Waals surface area contributed by atoms with Gasteiger partial charge in [0.2, 0.25) is 0 Å². The smallest absolute Gasteiger partial charge is 0.145 e. The first kappa shape index (κ1) is 21.5. The van der Waals surface area contributed by atoms with Gasteiger partial charge in [0.15, 0.2) is 0 Å². The highest BCUT2D eigenvalue weighted by Gasteiger charge is 2.27. The number of ether oxygens (including phenoxy) is 1. The lowest BCUT2D eigenvalue weighted by molar-refractivity contribution is 0.247. The summed E-state index contributed by atoms with van der Waals surface area (Å²) in [5.74, 6) is 4.06. The molecule has 1 aromatic carbocycles. The lowest BCUT2D eigenvalue weighted by atomic mass is 9.78. The normalized spacial score (nSPS) is 24.1. The van der Waals surface area contributed by atoms with Crippen LogP contribution in [0.3, 0.4) is 0 Å². The highest BCUT2D eigenvalue weighted by atomic mass is 16.5. The molecule has 4 atom stereocenters. The van der Waals surface area contributed by atoms with Gasteiger partial charge in [0.05, 0.1) is 5.56 Å². The van der Waals surface area contributed by atoms with Gasteiger partial charge in [-0.15, -0.1) is 0 Å². The number of nitrogens with zero attached hydrogens (tertiary/aromatic N) is 1. The van der Waals surface area contributed by atoms with Crippen LogP contribution in [-0.4, -0.2) is 0 Å². The quantitative estimate of drug-likeness (QED) is 0.560. The van der Waals surface area contributed by atoms with Crippen LogP contribution >= 0.6 is 0 Å². The summed E-state index contributed by atoms with van der Waals surface area (Å²) >= 11 is 0. The Morgan fingerprint density at radius 1 is 1.22 bits per heavy atom. The van der Waals surface area contributed by atoms with E-state index in [4.69, 9.17) is 4.74 Å². The van der Waals surface area contributed by atoms with Crippen LogP contribution in [0.4, 0.5) is 0 Å². The Hall–Kier alpha value is -1.75. The highest BCUT2D eigenvalue weighted by Crippen LogP contribution is 2.37. The van der Waals surface area contributed by atoms with E-state index in [1.54, 1.807) is 0 Å². The molecule has 0 spiro atoms. The fourth-order valence-corrected chi connectivity index (χ4v) is 3.75. The summed E-state index contributed by atoms with van der Waals surface area (Å²) in [4.78, 5) is 0. The maximum atomic E-state index is 9.90. The van der Waals surface area contributed by atoms with Gasteiger partial charge in [0, 0.05) is 6.42 Å². The van der Waals surface area contributed by atoms with Crippen molar-refractivity contribution in [1.29, 1.82) is 5.26 Å². The minimum absolute atomic E-state index is 0.0202. The monoisotopic (exact) mass is 367 g/mol. The predicted octanol–water partition coefficient (Wildman–Crippen LogP) is 7.02. The lowest BCUT2D eigenvalue weighted by Gasteiger charge is -2.31. The van der Waals surface area contributed by atoms with Crippen molar-refractivity contribution in [2.45, 2.75) is 80.1 Å². The van der Waals surface area contributed by atoms with Crippen LogP contribution in [0.5, 0.6) is 5.75 Å². The molecule has 1 aromatic rings. The van der Waals surface area contributed by atoms with Crippen molar-refractivity contribution >= 4 is 0 Å². The molecule has 0 saturated heterocycles. The molecule has 1 aliphatic carbocycles. The van der Waals surface area contributed by atoms with E-state index in [1.165, 1.54) is 5.56 Å². The van der Waals surface area contributed by atoms with Gasteiger partial charge in [-0.25, -0.2) is 0 Å². The van der Waals surface area contributed by atoms with Crippen molar-refractivity contribution in [3.8, 4) is 11.8 Å². The summed E-state index contributed by atoms with van der Waals surface area (Å²) in [6.45, 7) is 18.0. The fraction of sp³-hybridized carbons (Fsp3) is 0.640. The summed E-state index contributed by atoms with van der Waals surface area (Å²) in [7, 11) is 0. The van der Waals surface area contributed by atoms with Gasteiger partial charge in [-0.1, -0.05) is 67.9 Å². The van der Waals surface area contributed by atoms with Crippen LogP contribution < -0.4 is 4.74 Å². The third-order valence-electron chi connectivity index (χ3n) is 6.37. The standard InChI is InChI=1S/C25H37NO/c1-9-16(2)10-20-13-21(25(6,7)8)14-24(23(20)15-26)27-22-11-17(3)19(5)18(4)12-22/h11,13-14,16-19H,9-10,12H2,1-8H3. The Kier molecular flexibility index (Phi) is 6.79. The molecule has 27 heavy (non-hydrogen) atoms. The molecule has 0 amide bonds. The molecule has 2 rings (SSSR count). The lowest BCUT2D eigenvalue weighted by Crippen LogP contribution is -2.23. The summed E-state index contributed by atoms with van der Waals surface area (Å²) in [5.41, 5.74) is 3.09. The van der Waals surface area contributed by atoms with Crippen LogP contribution in [0.15, 0.2) is 24.0 Å². The molecular formula is C25H37NO. The van der Waals surface area contributed by atoms with E-state index < -0.39 is 0 Å². The van der Waals surface area contributed by atoms with Gasteiger partial charge < -0.3 is 4.74 Å². The van der Waals surface area contributed by atoms with Crippen molar-refractivity contribution in [2.24, 2.45) is 23.7 Å². The average molecular weight is 368 g/mol. The average Bonchev–Trinajstić information content (AvgIpc) is 2.58. The van der Waals surface area contributed by atoms with Crippen molar-refractivity contribution in [2.75, 3.05) is 0 Å². The first-order chi connectivity index (χ1) is 12.6. The number of rotatable bonds is 5. The first-order valence-electron chi connectivity index (χ1n) is 10.5. The van der Waals surface area contributed by atoms with Gasteiger partial charge in [0.25, 0.3) is 0 Å². The van der Waals surface area contributed by atoms with Gasteiger partial charge in [0.1, 0.15) is 17.6 Å². The third kappa shape index (κ3) is 5.16. The second-order valence-electron chi connectivity index (χ2n) is 9.72. The summed E-state index contributed by atoms with van der Waals surface area (Å²) < 4.78 is 6.40. The molecule has 1 aliphatic rings. The van der Waals surface area contributed by atoms with Gasteiger partial charge in [-0.3, -0.25) is 0 Å². The number of nitriles is 1. The molecule has 0 fully saturated rings. The fourth-order valence-electron chi connectivity index (χ4n) is 3.75. The Labute approximate surface area is 166 Å². The second kappa shape index (κ2) is 8.51. The van der Waals surface area contributed by atoms with Crippen molar-refractivity contribution in [3.63, 3.8) is 0 Å². The highest BCUT2D eigenvalue weighted by molar-refractivity contribution is 5.53. The molecule has 0 bridgehead atoms. The van der Waals surface area contributed by atoms with E-state index in [-0.39, 0.29) is 5.41 Å². The minimum Gasteiger partial charge on any atom is -0.461 e. The molecule has 0 aliphatic heterocycles. The van der Waals surface area contributed by atoms with E-state index in [0.717, 1.165) is 36.3 Å². The first-order valence-corrected chi connectivity index (χ1v) is 10.5. The van der Waals surface area contributed by atoms with E-state index in [2.05, 4.69) is 79.7 Å². The number of allylic oxidation sites excluding steroid dienone is 2. The Morgan fingerprint density at radius 2 is 1.89 bits per heavy atom. The molecule has 148 valence electrons. The van der Waals surface area contributed by atoms with Crippen LogP contribution in [0, 0.1) is 35.0 Å². The SMILES string of the molecule is CCC(C)Cc1cc(C(C)(C)C)cc(OC2=CC(C)C(C)C(C)C2)c1C#N. The topological polar surface area (TPSA) is 33.0 Å². The van der Waals surface area contributed by atoms with E-state index in [0.29, 0.717) is 29.2 Å². The van der Waals surface area contributed by atoms with Gasteiger partial charge in [-0.05, 0) is 58.8 Å². The molecular weight excluding hydrogens is 330 g/mol. The Morgan fingerprint density at radius 3 is 2.41 bits per heavy atom. The zero-order valence-electron chi connectivity index (χ0n) is 18.5. The van der Waals surface area contributed by atoms with Crippen LogP contribution in [-0.2, 0) is 11.8 Å². The zero-order chi connectivity index (χ0) is 20.4. The largest absolute Gasteiger partial charge is 0.461 e. The Bertz CT molecular complexity index is 732. The minimum atomic E-state index is 0.0202. The number of hydrogen-bond acceptors (Lipinski definition) is 2. The molecule has 4 unspecified atom stereocenters. The zero-order valence-corrected chi connectivity index (χ0v) is 18.5. The second-order valence-corrected chi connectivity index (χ2v) is 9.72. The molecule has 0 aromatic heterocycles.